The highest BCUT2D eigenvalue weighted by Crippen LogP contribution is 2.44. The molecule has 3 rings (SSSR count). The van der Waals surface area contributed by atoms with E-state index in [1.54, 1.807) is 11.1 Å². The maximum absolute atomic E-state index is 3.55. The number of benzene rings is 1. The minimum atomic E-state index is 0.676. The van der Waals surface area contributed by atoms with Crippen LogP contribution >= 0.6 is 0 Å². The first kappa shape index (κ1) is 23.9. The third-order valence-electron chi connectivity index (χ3n) is 7.03. The average molecular weight is 396 g/mol. The van der Waals surface area contributed by atoms with E-state index < -0.39 is 0 Å². The van der Waals surface area contributed by atoms with Crippen LogP contribution in [0, 0.1) is 18.3 Å². The summed E-state index contributed by atoms with van der Waals surface area (Å²) in [5, 5.41) is 3.55. The van der Waals surface area contributed by atoms with Crippen molar-refractivity contribution < 1.29 is 0 Å². The van der Waals surface area contributed by atoms with Gasteiger partial charge in [-0.2, -0.15) is 0 Å². The number of hydrogen-bond donors (Lipinski definition) is 1. The molecule has 2 fully saturated rings. The lowest BCUT2D eigenvalue weighted by Gasteiger charge is -2.21. The van der Waals surface area contributed by atoms with Crippen LogP contribution in [0.5, 0.6) is 0 Å². The van der Waals surface area contributed by atoms with Crippen molar-refractivity contribution in [1.82, 2.24) is 5.32 Å². The third-order valence-corrected chi connectivity index (χ3v) is 7.03. The summed E-state index contributed by atoms with van der Waals surface area (Å²) in [6.45, 7) is 16.2. The smallest absolute Gasteiger partial charge is 0.000517 e. The van der Waals surface area contributed by atoms with E-state index in [-0.39, 0.29) is 0 Å². The first-order valence-corrected chi connectivity index (χ1v) is 12.0. The van der Waals surface area contributed by atoms with Crippen molar-refractivity contribution in [2.45, 2.75) is 92.9 Å². The Bertz CT molecular complexity index is 684. The van der Waals surface area contributed by atoms with E-state index in [4.69, 9.17) is 0 Å². The Morgan fingerprint density at radius 3 is 2.38 bits per heavy atom. The van der Waals surface area contributed by atoms with Gasteiger partial charge in [-0.15, -0.1) is 0 Å². The molecule has 1 aromatic carbocycles. The van der Waals surface area contributed by atoms with Crippen molar-refractivity contribution in [1.29, 1.82) is 0 Å². The van der Waals surface area contributed by atoms with Crippen LogP contribution in [-0.4, -0.2) is 13.1 Å². The molecule has 0 saturated heterocycles. The van der Waals surface area contributed by atoms with Crippen LogP contribution in [0.1, 0.15) is 97.1 Å². The predicted octanol–water partition coefficient (Wildman–Crippen LogP) is 8.10. The zero-order valence-corrected chi connectivity index (χ0v) is 20.0. The van der Waals surface area contributed by atoms with Crippen molar-refractivity contribution in [3.63, 3.8) is 0 Å². The predicted molar refractivity (Wildman–Crippen MR) is 130 cm³/mol. The van der Waals surface area contributed by atoms with Gasteiger partial charge in [-0.1, -0.05) is 70.0 Å². The lowest BCUT2D eigenvalue weighted by atomic mass is 9.84. The van der Waals surface area contributed by atoms with Gasteiger partial charge >= 0.3 is 0 Å². The summed E-state index contributed by atoms with van der Waals surface area (Å²) in [6, 6.07) is 8.63. The molecule has 0 amide bonds. The van der Waals surface area contributed by atoms with Crippen LogP contribution in [0.2, 0.25) is 0 Å². The standard InChI is InChI=1S/C17H22.C11H23N/c1-4-15(14(3)16-10-7-11-16)12-17-9-6-5-8-13(17)2;1-4-10(2)5-8-12-9-11(3)6-7-11/h5-6,8-9,12H,4,7,10-11H2,1-3H3;10,12H,4-9H2,1-3H3/b15-12+;. The number of nitrogens with one attached hydrogen (secondary N) is 1. The molecule has 1 atom stereocenters. The van der Waals surface area contributed by atoms with E-state index in [1.807, 2.05) is 0 Å². The number of hydrogen-bond acceptors (Lipinski definition) is 1. The number of rotatable bonds is 9. The fourth-order valence-electron chi connectivity index (χ4n) is 3.70. The average Bonchev–Trinajstić information content (AvgIpc) is 3.41. The SMILES string of the molecule is CC/C(=C\c1ccccc1C)C(C)=C1CCC1.CCC(C)CCNCC1(C)CC1. The summed E-state index contributed by atoms with van der Waals surface area (Å²) in [5.41, 5.74) is 8.13. The van der Waals surface area contributed by atoms with Crippen LogP contribution in [0.3, 0.4) is 0 Å². The van der Waals surface area contributed by atoms with Crippen LogP contribution in [0.25, 0.3) is 6.08 Å². The molecule has 162 valence electrons. The van der Waals surface area contributed by atoms with E-state index in [0.29, 0.717) is 5.41 Å². The Hall–Kier alpha value is -1.34. The normalized spacial score (nSPS) is 18.4. The molecule has 29 heavy (non-hydrogen) atoms. The Kier molecular flexibility index (Phi) is 9.69. The molecule has 1 aromatic rings. The van der Waals surface area contributed by atoms with Gasteiger partial charge in [0.15, 0.2) is 0 Å². The second-order valence-corrected chi connectivity index (χ2v) is 9.75. The van der Waals surface area contributed by atoms with E-state index in [2.05, 4.69) is 77.2 Å². The van der Waals surface area contributed by atoms with Gasteiger partial charge in [0, 0.05) is 6.54 Å². The van der Waals surface area contributed by atoms with Gasteiger partial charge in [-0.05, 0) is 98.9 Å². The summed E-state index contributed by atoms with van der Waals surface area (Å²) < 4.78 is 0. The fraction of sp³-hybridized carbons (Fsp3) is 0.643. The van der Waals surface area contributed by atoms with Gasteiger partial charge in [0.05, 0.1) is 0 Å². The zero-order chi connectivity index (χ0) is 21.3. The maximum Gasteiger partial charge on any atom is 0.000517 e. The Morgan fingerprint density at radius 1 is 1.17 bits per heavy atom. The van der Waals surface area contributed by atoms with Crippen molar-refractivity contribution in [2.75, 3.05) is 13.1 Å². The van der Waals surface area contributed by atoms with E-state index in [0.717, 1.165) is 12.3 Å². The zero-order valence-electron chi connectivity index (χ0n) is 20.0. The first-order chi connectivity index (χ1) is 13.9. The monoisotopic (exact) mass is 395 g/mol. The van der Waals surface area contributed by atoms with Crippen LogP contribution in [-0.2, 0) is 0 Å². The van der Waals surface area contributed by atoms with Gasteiger partial charge in [0.2, 0.25) is 0 Å². The minimum absolute atomic E-state index is 0.676. The second-order valence-electron chi connectivity index (χ2n) is 9.75. The summed E-state index contributed by atoms with van der Waals surface area (Å²) in [7, 11) is 0. The molecule has 0 spiro atoms. The van der Waals surface area contributed by atoms with E-state index >= 15 is 0 Å². The molecule has 0 aliphatic heterocycles. The summed E-state index contributed by atoms with van der Waals surface area (Å²) >= 11 is 0. The topological polar surface area (TPSA) is 12.0 Å². The third kappa shape index (κ3) is 8.13. The molecule has 1 nitrogen and oxygen atoms in total. The van der Waals surface area contributed by atoms with Crippen LogP contribution in [0.15, 0.2) is 41.0 Å². The molecule has 0 radical (unpaired) electrons. The fourth-order valence-corrected chi connectivity index (χ4v) is 3.70. The Balaban J connectivity index is 0.000000221. The minimum Gasteiger partial charge on any atom is -0.316 e. The largest absolute Gasteiger partial charge is 0.316 e. The lowest BCUT2D eigenvalue weighted by molar-refractivity contribution is 0.447. The van der Waals surface area contributed by atoms with Crippen LogP contribution < -0.4 is 5.32 Å². The van der Waals surface area contributed by atoms with Gasteiger partial charge in [-0.3, -0.25) is 0 Å². The molecule has 2 aliphatic carbocycles. The van der Waals surface area contributed by atoms with Crippen molar-refractivity contribution in [3.05, 3.63) is 52.1 Å². The quantitative estimate of drug-likeness (QED) is 0.416. The molecule has 0 aromatic heterocycles. The molecule has 2 saturated carbocycles. The molecule has 1 unspecified atom stereocenters. The van der Waals surface area contributed by atoms with Crippen molar-refractivity contribution >= 4 is 6.08 Å². The maximum atomic E-state index is 3.55. The van der Waals surface area contributed by atoms with Crippen LogP contribution in [0.4, 0.5) is 0 Å². The van der Waals surface area contributed by atoms with Gasteiger partial charge < -0.3 is 5.32 Å². The Morgan fingerprint density at radius 2 is 1.86 bits per heavy atom. The lowest BCUT2D eigenvalue weighted by Crippen LogP contribution is -2.24. The molecule has 1 heteroatoms. The summed E-state index contributed by atoms with van der Waals surface area (Å²) in [4.78, 5) is 0. The highest BCUT2D eigenvalue weighted by molar-refractivity contribution is 5.61. The molecule has 0 bridgehead atoms. The van der Waals surface area contributed by atoms with Gasteiger partial charge in [0.25, 0.3) is 0 Å². The van der Waals surface area contributed by atoms with E-state index in [1.165, 1.54) is 74.7 Å². The van der Waals surface area contributed by atoms with Crippen molar-refractivity contribution in [3.8, 4) is 0 Å². The molecule has 0 heterocycles. The van der Waals surface area contributed by atoms with Gasteiger partial charge in [0.1, 0.15) is 0 Å². The summed E-state index contributed by atoms with van der Waals surface area (Å²) in [6.07, 6.45) is 13.0. The number of aryl methyl sites for hydroxylation is 1. The van der Waals surface area contributed by atoms with Crippen molar-refractivity contribution in [2.24, 2.45) is 11.3 Å². The van der Waals surface area contributed by atoms with Gasteiger partial charge in [-0.25, -0.2) is 0 Å². The highest BCUT2D eigenvalue weighted by Gasteiger charge is 2.36. The summed E-state index contributed by atoms with van der Waals surface area (Å²) in [5.74, 6) is 0.893. The molecule has 2 aliphatic rings. The first-order valence-electron chi connectivity index (χ1n) is 12.0. The highest BCUT2D eigenvalue weighted by atomic mass is 14.9. The van der Waals surface area contributed by atoms with E-state index in [9.17, 15) is 0 Å². The molecular weight excluding hydrogens is 350 g/mol. The second kappa shape index (κ2) is 11.7. The molecular formula is C28H45N. The molecule has 1 N–H and O–H groups in total. The Labute approximate surface area is 181 Å². The number of allylic oxidation sites excluding steroid dienone is 3.